The number of nitrogens with zero attached hydrogens (tertiary/aromatic N) is 1. The van der Waals surface area contributed by atoms with Crippen LogP contribution in [0, 0.1) is 11.8 Å². The topological polar surface area (TPSA) is 113 Å². The van der Waals surface area contributed by atoms with Crippen LogP contribution in [0.5, 0.6) is 0 Å². The summed E-state index contributed by atoms with van der Waals surface area (Å²) in [5, 5.41) is 19.4. The maximum atomic E-state index is 12.1. The molecule has 2 N–H and O–H groups in total. The van der Waals surface area contributed by atoms with Crippen molar-refractivity contribution < 1.29 is 33.9 Å². The van der Waals surface area contributed by atoms with E-state index in [1.165, 1.54) is 19.4 Å². The lowest BCUT2D eigenvalue weighted by Gasteiger charge is -2.34. The molecule has 0 aromatic heterocycles. The molecule has 2 aromatic rings. The Morgan fingerprint density at radius 1 is 0.927 bits per heavy atom. The molecule has 8 nitrogen and oxygen atoms in total. The van der Waals surface area contributed by atoms with Gasteiger partial charge in [-0.15, -0.1) is 0 Å². The molecule has 2 fully saturated rings. The van der Waals surface area contributed by atoms with Gasteiger partial charge in [-0.1, -0.05) is 62.9 Å². The summed E-state index contributed by atoms with van der Waals surface area (Å²) in [6, 6.07) is 16.1. The molecule has 0 spiro atoms. The van der Waals surface area contributed by atoms with E-state index < -0.39 is 37.6 Å². The van der Waals surface area contributed by atoms with Gasteiger partial charge in [-0.3, -0.25) is 14.4 Å². The summed E-state index contributed by atoms with van der Waals surface area (Å²) in [7, 11) is -0.689. The first-order chi connectivity index (χ1) is 19.2. The van der Waals surface area contributed by atoms with Crippen LogP contribution in [0.3, 0.4) is 0 Å². The van der Waals surface area contributed by atoms with Crippen molar-refractivity contribution in [2.75, 3.05) is 0 Å². The van der Waals surface area contributed by atoms with Crippen molar-refractivity contribution in [2.24, 2.45) is 11.8 Å². The van der Waals surface area contributed by atoms with Gasteiger partial charge in [-0.2, -0.15) is 0 Å². The number of carbonyl (C=O) groups excluding carboxylic acids is 3. The first-order valence-electron chi connectivity index (χ1n) is 13.9. The number of amides is 1. The van der Waals surface area contributed by atoms with Crippen LogP contribution in [0.1, 0.15) is 44.2 Å². The third kappa shape index (κ3) is 10.3. The largest absolute Gasteiger partial charge is 0.451 e. The fourth-order valence-electron chi connectivity index (χ4n) is 5.34. The summed E-state index contributed by atoms with van der Waals surface area (Å²) in [5.74, 6) is -3.22. The Balaban J connectivity index is 0.000000239. The zero-order chi connectivity index (χ0) is 30.3. The van der Waals surface area contributed by atoms with Gasteiger partial charge >= 0.3 is 19.0 Å². The van der Waals surface area contributed by atoms with Crippen LogP contribution in [0.2, 0.25) is 20.0 Å². The number of carbonyl (C=O) groups is 3. The van der Waals surface area contributed by atoms with Crippen molar-refractivity contribution in [1.29, 1.82) is 0 Å². The third-order valence-electron chi connectivity index (χ3n) is 7.10. The second-order valence-corrected chi connectivity index (χ2v) is 13.1. The number of benzene rings is 2. The molecule has 2 atom stereocenters. The normalized spacial score (nSPS) is 19.2. The maximum Gasteiger partial charge on any atom is 0.411 e. The quantitative estimate of drug-likeness (QED) is 0.212. The van der Waals surface area contributed by atoms with Crippen molar-refractivity contribution in [3.05, 3.63) is 68.6 Å². The second kappa shape index (κ2) is 14.8. The molecule has 0 unspecified atom stereocenters. The van der Waals surface area contributed by atoms with Crippen LogP contribution >= 0.6 is 31.9 Å². The van der Waals surface area contributed by atoms with Crippen LogP contribution in [-0.2, 0) is 36.7 Å². The molecular formula is C29H37B2Br2NO7. The van der Waals surface area contributed by atoms with E-state index in [-0.39, 0.29) is 17.9 Å². The van der Waals surface area contributed by atoms with Gasteiger partial charge in [0.2, 0.25) is 5.91 Å². The average molecular weight is 693 g/mol. The maximum absolute atomic E-state index is 12.1. The van der Waals surface area contributed by atoms with E-state index in [2.05, 4.69) is 31.9 Å². The number of hydrogen-bond acceptors (Lipinski definition) is 7. The van der Waals surface area contributed by atoms with Crippen LogP contribution in [0.15, 0.2) is 57.5 Å². The van der Waals surface area contributed by atoms with E-state index in [0.717, 1.165) is 27.4 Å². The van der Waals surface area contributed by atoms with Gasteiger partial charge < -0.3 is 24.3 Å². The lowest BCUT2D eigenvalue weighted by atomic mass is 9.62. The third-order valence-corrected chi connectivity index (χ3v) is 8.16. The van der Waals surface area contributed by atoms with Crippen LogP contribution in [-0.4, -0.2) is 58.5 Å². The van der Waals surface area contributed by atoms with Crippen LogP contribution < -0.4 is 0 Å². The molecule has 0 radical (unpaired) electrons. The highest BCUT2D eigenvalue weighted by Gasteiger charge is 2.44. The zero-order valence-corrected chi connectivity index (χ0v) is 27.1. The molecule has 2 aliphatic heterocycles. The summed E-state index contributed by atoms with van der Waals surface area (Å²) in [4.78, 5) is 37.5. The number of hydrogen-bond donors (Lipinski definition) is 2. The minimum absolute atomic E-state index is 0.0301. The van der Waals surface area contributed by atoms with Gasteiger partial charge in [0.05, 0.1) is 0 Å². The first kappa shape index (κ1) is 33.4. The number of ether oxygens (including phenoxy) is 2. The minimum Gasteiger partial charge on any atom is -0.451 e. The van der Waals surface area contributed by atoms with E-state index >= 15 is 0 Å². The predicted octanol–water partition coefficient (Wildman–Crippen LogP) is 5.16. The summed E-state index contributed by atoms with van der Waals surface area (Å²) < 4.78 is 12.4. The molecule has 220 valence electrons. The van der Waals surface area contributed by atoms with Gasteiger partial charge in [-0.25, -0.2) is 0 Å². The molecule has 0 bridgehead atoms. The van der Waals surface area contributed by atoms with Crippen molar-refractivity contribution >= 4 is 63.7 Å². The van der Waals surface area contributed by atoms with E-state index in [4.69, 9.17) is 9.47 Å². The summed E-state index contributed by atoms with van der Waals surface area (Å²) in [6.45, 7) is 5.91. The molecule has 12 heteroatoms. The summed E-state index contributed by atoms with van der Waals surface area (Å²) in [6.07, 6.45) is 3.65. The summed E-state index contributed by atoms with van der Waals surface area (Å²) in [5.41, 5.74) is 2.28. The van der Waals surface area contributed by atoms with Gasteiger partial charge in [0.25, 0.3) is 12.7 Å². The fraction of sp³-hybridized carbons (Fsp3) is 0.483. The SMILES string of the molecule is CB(O)C[C@H](Cc1ccc(Br)cc1)CC1C(=O)OC(C)(C)OC1=O.CB(O)N1C(=O)CC[C@H]1Cc1ccc(Br)cc1. The molecule has 0 aliphatic carbocycles. The van der Waals surface area contributed by atoms with Crippen LogP contribution in [0.4, 0.5) is 0 Å². The standard InChI is InChI=1S/C17H22BBrO5.C12H15BBrNO2/c1-17(2)23-15(20)14(16(21)24-17)9-12(10-18(3)22)8-11-4-6-13(19)7-5-11;1-13(17)15-11(6-7-12(15)16)8-9-2-4-10(14)5-3-9/h4-7,12,14,22H,8-10H2,1-3H3;2-5,11,17H,6-8H2,1H3/t12-;11-/m10/s1. The highest BCUT2D eigenvalue weighted by atomic mass is 79.9. The molecule has 2 heterocycles. The second-order valence-electron chi connectivity index (χ2n) is 11.3. The van der Waals surface area contributed by atoms with Crippen LogP contribution in [0.25, 0.3) is 0 Å². The molecule has 41 heavy (non-hydrogen) atoms. The van der Waals surface area contributed by atoms with Crippen molar-refractivity contribution in [2.45, 2.75) is 77.7 Å². The number of rotatable bonds is 9. The minimum atomic E-state index is -1.21. The van der Waals surface area contributed by atoms with Gasteiger partial charge in [0.15, 0.2) is 5.92 Å². The molecule has 4 rings (SSSR count). The van der Waals surface area contributed by atoms with E-state index in [0.29, 0.717) is 25.6 Å². The van der Waals surface area contributed by atoms with E-state index in [1.54, 1.807) is 18.5 Å². The Morgan fingerprint density at radius 2 is 1.44 bits per heavy atom. The monoisotopic (exact) mass is 691 g/mol. The number of cyclic esters (lactones) is 2. The Bertz CT molecular complexity index is 1170. The highest BCUT2D eigenvalue weighted by Crippen LogP contribution is 2.30. The van der Waals surface area contributed by atoms with E-state index in [1.807, 2.05) is 48.5 Å². The van der Waals surface area contributed by atoms with Gasteiger partial charge in [0.1, 0.15) is 0 Å². The first-order valence-corrected chi connectivity index (χ1v) is 15.4. The molecule has 1 amide bonds. The highest BCUT2D eigenvalue weighted by molar-refractivity contribution is 9.10. The lowest BCUT2D eigenvalue weighted by molar-refractivity contribution is -0.240. The number of halogens is 2. The van der Waals surface area contributed by atoms with Gasteiger partial charge in [-0.05, 0) is 80.1 Å². The van der Waals surface area contributed by atoms with Crippen molar-refractivity contribution in [3.8, 4) is 0 Å². The number of esters is 2. The van der Waals surface area contributed by atoms with E-state index in [9.17, 15) is 24.4 Å². The summed E-state index contributed by atoms with van der Waals surface area (Å²) >= 11 is 6.79. The zero-order valence-electron chi connectivity index (χ0n) is 23.9. The van der Waals surface area contributed by atoms with Crippen molar-refractivity contribution in [3.63, 3.8) is 0 Å². The Kier molecular flexibility index (Phi) is 12.1. The molecule has 2 aliphatic rings. The fourth-order valence-corrected chi connectivity index (χ4v) is 5.87. The molecule has 2 aromatic carbocycles. The smallest absolute Gasteiger partial charge is 0.411 e. The van der Waals surface area contributed by atoms with Crippen molar-refractivity contribution in [1.82, 2.24) is 4.81 Å². The Hall–Kier alpha value is -2.14. The molecular weight excluding hydrogens is 656 g/mol. The lowest BCUT2D eigenvalue weighted by Crippen LogP contribution is -2.47. The Morgan fingerprint density at radius 3 is 1.93 bits per heavy atom. The van der Waals surface area contributed by atoms with Gasteiger partial charge in [0, 0.05) is 35.3 Å². The molecule has 2 saturated heterocycles. The Labute approximate surface area is 259 Å². The predicted molar refractivity (Wildman–Crippen MR) is 166 cm³/mol. The molecule has 0 saturated carbocycles. The average Bonchev–Trinajstić information content (AvgIpc) is 3.23.